The molecule has 0 saturated carbocycles. The van der Waals surface area contributed by atoms with Gasteiger partial charge < -0.3 is 15.8 Å². The summed E-state index contributed by atoms with van der Waals surface area (Å²) < 4.78 is 6.19. The third-order valence-electron chi connectivity index (χ3n) is 2.74. The van der Waals surface area contributed by atoms with Crippen LogP contribution in [0.25, 0.3) is 0 Å². The molecule has 0 spiro atoms. The molecule has 1 rings (SSSR count). The third-order valence-corrected chi connectivity index (χ3v) is 3.36. The SMILES string of the molecule is COc1ccc(CCNC(C)(C)CN)cc1Br. The Morgan fingerprint density at radius 3 is 2.65 bits per heavy atom. The van der Waals surface area contributed by atoms with Crippen molar-refractivity contribution in [2.45, 2.75) is 25.8 Å². The average molecular weight is 301 g/mol. The molecule has 0 aliphatic rings. The summed E-state index contributed by atoms with van der Waals surface area (Å²) in [6, 6.07) is 6.16. The molecule has 0 aromatic heterocycles. The molecule has 0 aliphatic heterocycles. The van der Waals surface area contributed by atoms with Gasteiger partial charge in [0.1, 0.15) is 5.75 Å². The molecule has 1 aromatic carbocycles. The van der Waals surface area contributed by atoms with E-state index in [1.807, 2.05) is 6.07 Å². The van der Waals surface area contributed by atoms with Gasteiger partial charge in [0.15, 0.2) is 0 Å². The summed E-state index contributed by atoms with van der Waals surface area (Å²) in [5.74, 6) is 0.865. The first-order chi connectivity index (χ1) is 7.98. The second-order valence-electron chi connectivity index (χ2n) is 4.73. The van der Waals surface area contributed by atoms with Crippen molar-refractivity contribution in [3.05, 3.63) is 28.2 Å². The van der Waals surface area contributed by atoms with E-state index in [-0.39, 0.29) is 5.54 Å². The highest BCUT2D eigenvalue weighted by Gasteiger charge is 2.13. The molecular weight excluding hydrogens is 280 g/mol. The minimum Gasteiger partial charge on any atom is -0.496 e. The molecule has 0 atom stereocenters. The average Bonchev–Trinajstić information content (AvgIpc) is 2.29. The Bertz CT molecular complexity index is 366. The molecule has 0 radical (unpaired) electrons. The van der Waals surface area contributed by atoms with Crippen molar-refractivity contribution in [3.8, 4) is 5.75 Å². The predicted molar refractivity (Wildman–Crippen MR) is 75.5 cm³/mol. The van der Waals surface area contributed by atoms with Crippen LogP contribution in [0.15, 0.2) is 22.7 Å². The summed E-state index contributed by atoms with van der Waals surface area (Å²) in [6.45, 7) is 5.77. The Morgan fingerprint density at radius 2 is 2.12 bits per heavy atom. The first-order valence-corrected chi connectivity index (χ1v) is 6.55. The lowest BCUT2D eigenvalue weighted by Gasteiger charge is -2.24. The zero-order chi connectivity index (χ0) is 12.9. The highest BCUT2D eigenvalue weighted by molar-refractivity contribution is 9.10. The van der Waals surface area contributed by atoms with Crippen LogP contribution in [0.3, 0.4) is 0 Å². The van der Waals surface area contributed by atoms with Crippen LogP contribution in [0, 0.1) is 0 Å². The van der Waals surface area contributed by atoms with Gasteiger partial charge in [-0.15, -0.1) is 0 Å². The summed E-state index contributed by atoms with van der Waals surface area (Å²) >= 11 is 3.49. The third kappa shape index (κ3) is 4.66. The fourth-order valence-corrected chi connectivity index (χ4v) is 2.07. The van der Waals surface area contributed by atoms with Crippen molar-refractivity contribution in [1.82, 2.24) is 5.32 Å². The number of hydrogen-bond donors (Lipinski definition) is 2. The maximum atomic E-state index is 5.66. The molecule has 0 bridgehead atoms. The normalized spacial score (nSPS) is 11.6. The van der Waals surface area contributed by atoms with Crippen LogP contribution >= 0.6 is 15.9 Å². The monoisotopic (exact) mass is 300 g/mol. The highest BCUT2D eigenvalue weighted by atomic mass is 79.9. The lowest BCUT2D eigenvalue weighted by Crippen LogP contribution is -2.46. The van der Waals surface area contributed by atoms with E-state index in [1.165, 1.54) is 5.56 Å². The number of benzene rings is 1. The van der Waals surface area contributed by atoms with Gasteiger partial charge in [-0.3, -0.25) is 0 Å². The molecule has 3 N–H and O–H groups in total. The van der Waals surface area contributed by atoms with Gasteiger partial charge in [0, 0.05) is 12.1 Å². The molecule has 0 amide bonds. The minimum atomic E-state index is 0.00367. The number of hydrogen-bond acceptors (Lipinski definition) is 3. The number of rotatable bonds is 6. The first kappa shape index (κ1) is 14.5. The van der Waals surface area contributed by atoms with E-state index in [9.17, 15) is 0 Å². The van der Waals surface area contributed by atoms with E-state index >= 15 is 0 Å². The lowest BCUT2D eigenvalue weighted by atomic mass is 10.1. The van der Waals surface area contributed by atoms with Gasteiger partial charge in [-0.05, 0) is 60.4 Å². The van der Waals surface area contributed by atoms with Gasteiger partial charge in [0.2, 0.25) is 0 Å². The fourth-order valence-electron chi connectivity index (χ4n) is 1.48. The first-order valence-electron chi connectivity index (χ1n) is 5.76. The molecule has 0 fully saturated rings. The van der Waals surface area contributed by atoms with E-state index in [0.717, 1.165) is 23.2 Å². The van der Waals surface area contributed by atoms with Crippen LogP contribution in [0.2, 0.25) is 0 Å². The molecule has 17 heavy (non-hydrogen) atoms. The quantitative estimate of drug-likeness (QED) is 0.848. The van der Waals surface area contributed by atoms with Gasteiger partial charge in [-0.2, -0.15) is 0 Å². The summed E-state index contributed by atoms with van der Waals surface area (Å²) in [7, 11) is 1.67. The molecule has 4 heteroatoms. The number of halogens is 1. The van der Waals surface area contributed by atoms with Gasteiger partial charge in [-0.1, -0.05) is 6.07 Å². The van der Waals surface area contributed by atoms with Crippen molar-refractivity contribution in [2.75, 3.05) is 20.2 Å². The van der Waals surface area contributed by atoms with Crippen LogP contribution < -0.4 is 15.8 Å². The lowest BCUT2D eigenvalue weighted by molar-refractivity contribution is 0.401. The van der Waals surface area contributed by atoms with E-state index in [2.05, 4.69) is 47.2 Å². The number of ether oxygens (including phenoxy) is 1. The Kier molecular flexibility index (Phi) is 5.43. The summed E-state index contributed by atoms with van der Waals surface area (Å²) in [6.07, 6.45) is 0.978. The predicted octanol–water partition coefficient (Wildman–Crippen LogP) is 2.33. The van der Waals surface area contributed by atoms with E-state index in [0.29, 0.717) is 6.54 Å². The summed E-state index contributed by atoms with van der Waals surface area (Å²) in [4.78, 5) is 0. The van der Waals surface area contributed by atoms with Crippen molar-refractivity contribution < 1.29 is 4.74 Å². The van der Waals surface area contributed by atoms with Crippen molar-refractivity contribution in [1.29, 1.82) is 0 Å². The molecule has 0 unspecified atom stereocenters. The maximum Gasteiger partial charge on any atom is 0.133 e. The number of methoxy groups -OCH3 is 1. The topological polar surface area (TPSA) is 47.3 Å². The van der Waals surface area contributed by atoms with Gasteiger partial charge in [0.05, 0.1) is 11.6 Å². The van der Waals surface area contributed by atoms with Crippen LogP contribution in [0.1, 0.15) is 19.4 Å². The Balaban J connectivity index is 2.50. The number of nitrogens with two attached hydrogens (primary N) is 1. The molecule has 0 saturated heterocycles. The zero-order valence-electron chi connectivity index (χ0n) is 10.7. The van der Waals surface area contributed by atoms with E-state index in [1.54, 1.807) is 7.11 Å². The zero-order valence-corrected chi connectivity index (χ0v) is 12.3. The van der Waals surface area contributed by atoms with Crippen molar-refractivity contribution in [2.24, 2.45) is 5.73 Å². The fraction of sp³-hybridized carbons (Fsp3) is 0.538. The molecule has 1 aromatic rings. The van der Waals surface area contributed by atoms with Gasteiger partial charge in [-0.25, -0.2) is 0 Å². The van der Waals surface area contributed by atoms with Crippen molar-refractivity contribution in [3.63, 3.8) is 0 Å². The molecular formula is C13H21BrN2O. The van der Waals surface area contributed by atoms with E-state index in [4.69, 9.17) is 10.5 Å². The highest BCUT2D eigenvalue weighted by Crippen LogP contribution is 2.25. The standard InChI is InChI=1S/C13H21BrN2O/c1-13(2,9-15)16-7-6-10-4-5-12(17-3)11(14)8-10/h4-5,8,16H,6-7,9,15H2,1-3H3. The summed E-state index contributed by atoms with van der Waals surface area (Å²) in [5, 5.41) is 3.43. The molecule has 0 heterocycles. The van der Waals surface area contributed by atoms with Crippen LogP contribution in [0.4, 0.5) is 0 Å². The van der Waals surface area contributed by atoms with Crippen molar-refractivity contribution >= 4 is 15.9 Å². The summed E-state index contributed by atoms with van der Waals surface area (Å²) in [5.41, 5.74) is 6.94. The number of nitrogens with one attached hydrogen (secondary N) is 1. The second-order valence-corrected chi connectivity index (χ2v) is 5.59. The minimum absolute atomic E-state index is 0.00367. The molecule has 96 valence electrons. The van der Waals surface area contributed by atoms with E-state index < -0.39 is 0 Å². The molecule has 0 aliphatic carbocycles. The molecule has 3 nitrogen and oxygen atoms in total. The van der Waals surface area contributed by atoms with Gasteiger partial charge in [0.25, 0.3) is 0 Å². The smallest absolute Gasteiger partial charge is 0.133 e. The Morgan fingerprint density at radius 1 is 1.41 bits per heavy atom. The maximum absolute atomic E-state index is 5.66. The largest absolute Gasteiger partial charge is 0.496 e. The van der Waals surface area contributed by atoms with Crippen LogP contribution in [-0.4, -0.2) is 25.7 Å². The van der Waals surface area contributed by atoms with Crippen LogP contribution in [-0.2, 0) is 6.42 Å². The second kappa shape index (κ2) is 6.38. The van der Waals surface area contributed by atoms with Crippen LogP contribution in [0.5, 0.6) is 5.75 Å². The Hall–Kier alpha value is -0.580. The van der Waals surface area contributed by atoms with Gasteiger partial charge >= 0.3 is 0 Å². The Labute approximate surface area is 112 Å².